The van der Waals surface area contributed by atoms with E-state index in [0.29, 0.717) is 5.25 Å². The van der Waals surface area contributed by atoms with Crippen molar-refractivity contribution in [3.8, 4) is 0 Å². The molecular formula is C10H9IS. The van der Waals surface area contributed by atoms with E-state index in [1.54, 1.807) is 0 Å². The quantitative estimate of drug-likeness (QED) is 0.704. The Kier molecular flexibility index (Phi) is 2.76. The van der Waals surface area contributed by atoms with Crippen LogP contribution in [0.1, 0.15) is 17.2 Å². The van der Waals surface area contributed by atoms with Crippen molar-refractivity contribution in [1.82, 2.24) is 0 Å². The fourth-order valence-electron chi connectivity index (χ4n) is 1.28. The van der Waals surface area contributed by atoms with Gasteiger partial charge in [-0.1, -0.05) is 18.2 Å². The minimum atomic E-state index is 0.669. The third-order valence-corrected chi connectivity index (χ3v) is 3.79. The zero-order chi connectivity index (χ0) is 8.39. The summed E-state index contributed by atoms with van der Waals surface area (Å²) in [5, 5.41) is 2.87. The summed E-state index contributed by atoms with van der Waals surface area (Å²) in [7, 11) is 0. The first kappa shape index (κ1) is 8.63. The van der Waals surface area contributed by atoms with Gasteiger partial charge in [0.15, 0.2) is 0 Å². The molecule has 1 aromatic rings. The maximum atomic E-state index is 2.34. The summed E-state index contributed by atoms with van der Waals surface area (Å²) >= 11 is 4.26. The van der Waals surface area contributed by atoms with Gasteiger partial charge in [0.1, 0.15) is 0 Å². The van der Waals surface area contributed by atoms with Crippen molar-refractivity contribution >= 4 is 34.4 Å². The first-order valence-electron chi connectivity index (χ1n) is 3.92. The molecule has 0 fully saturated rings. The fraction of sp³-hybridized carbons (Fsp3) is 0.200. The van der Waals surface area contributed by atoms with Gasteiger partial charge in [-0.05, 0) is 52.1 Å². The number of hydrogen-bond donors (Lipinski definition) is 0. The second-order valence-corrected chi connectivity index (χ2v) is 5.14. The van der Waals surface area contributed by atoms with E-state index in [1.165, 1.54) is 15.6 Å². The predicted molar refractivity (Wildman–Crippen MR) is 63.2 cm³/mol. The average Bonchev–Trinajstić information content (AvgIpc) is 2.58. The third kappa shape index (κ3) is 1.85. The van der Waals surface area contributed by atoms with Crippen LogP contribution in [0.25, 0.3) is 0 Å². The standard InChI is InChI=1S/C10H9IS/c11-9-5-3-8(4-6-9)10-2-1-7-12-10/h1,3-7,10H,2H2. The molecule has 1 atom stereocenters. The van der Waals surface area contributed by atoms with E-state index in [0.717, 1.165) is 0 Å². The number of rotatable bonds is 1. The molecule has 0 aromatic heterocycles. The van der Waals surface area contributed by atoms with E-state index in [-0.39, 0.29) is 0 Å². The van der Waals surface area contributed by atoms with Crippen molar-refractivity contribution in [3.05, 3.63) is 44.9 Å². The molecule has 0 amide bonds. The van der Waals surface area contributed by atoms with Crippen molar-refractivity contribution in [2.45, 2.75) is 11.7 Å². The Labute approximate surface area is 90.6 Å². The number of hydrogen-bond acceptors (Lipinski definition) is 1. The van der Waals surface area contributed by atoms with E-state index < -0.39 is 0 Å². The van der Waals surface area contributed by atoms with E-state index >= 15 is 0 Å². The number of allylic oxidation sites excluding steroid dienone is 1. The summed E-state index contributed by atoms with van der Waals surface area (Å²) in [6.07, 6.45) is 3.43. The molecular weight excluding hydrogens is 279 g/mol. The number of thioether (sulfide) groups is 1. The first-order valence-corrected chi connectivity index (χ1v) is 5.94. The summed E-state index contributed by atoms with van der Waals surface area (Å²) < 4.78 is 1.31. The minimum absolute atomic E-state index is 0.669. The molecule has 0 nitrogen and oxygen atoms in total. The first-order chi connectivity index (χ1) is 5.86. The van der Waals surface area contributed by atoms with E-state index in [1.807, 2.05) is 11.8 Å². The van der Waals surface area contributed by atoms with Crippen LogP contribution in [-0.4, -0.2) is 0 Å². The van der Waals surface area contributed by atoms with Crippen molar-refractivity contribution in [1.29, 1.82) is 0 Å². The third-order valence-electron chi connectivity index (χ3n) is 1.93. The van der Waals surface area contributed by atoms with Gasteiger partial charge in [-0.25, -0.2) is 0 Å². The van der Waals surface area contributed by atoms with Crippen molar-refractivity contribution < 1.29 is 0 Å². The number of benzene rings is 1. The minimum Gasteiger partial charge on any atom is -0.126 e. The second kappa shape index (κ2) is 3.83. The predicted octanol–water partition coefficient (Wildman–Crippen LogP) is 3.98. The number of halogens is 1. The topological polar surface area (TPSA) is 0 Å². The highest BCUT2D eigenvalue weighted by atomic mass is 127. The monoisotopic (exact) mass is 288 g/mol. The molecule has 12 heavy (non-hydrogen) atoms. The molecule has 0 saturated heterocycles. The molecule has 0 radical (unpaired) electrons. The highest BCUT2D eigenvalue weighted by Crippen LogP contribution is 2.38. The largest absolute Gasteiger partial charge is 0.126 e. The van der Waals surface area contributed by atoms with E-state index in [9.17, 15) is 0 Å². The van der Waals surface area contributed by atoms with Crippen LogP contribution in [-0.2, 0) is 0 Å². The van der Waals surface area contributed by atoms with Crippen LogP contribution in [0.3, 0.4) is 0 Å². The van der Waals surface area contributed by atoms with Gasteiger partial charge in [0.2, 0.25) is 0 Å². The molecule has 0 N–H and O–H groups in total. The highest BCUT2D eigenvalue weighted by Gasteiger charge is 2.12. The van der Waals surface area contributed by atoms with Crippen LogP contribution >= 0.6 is 34.4 Å². The smallest absolute Gasteiger partial charge is 0.0373 e. The van der Waals surface area contributed by atoms with Crippen LogP contribution in [0.2, 0.25) is 0 Å². The molecule has 62 valence electrons. The summed E-state index contributed by atoms with van der Waals surface area (Å²) in [4.78, 5) is 0. The Morgan fingerprint density at radius 1 is 1.25 bits per heavy atom. The molecule has 0 saturated carbocycles. The fourth-order valence-corrected chi connectivity index (χ4v) is 2.59. The van der Waals surface area contributed by atoms with Crippen LogP contribution in [0, 0.1) is 3.57 Å². The second-order valence-electron chi connectivity index (χ2n) is 2.78. The van der Waals surface area contributed by atoms with Crippen LogP contribution < -0.4 is 0 Å². The molecule has 1 aliphatic rings. The van der Waals surface area contributed by atoms with Gasteiger partial charge in [-0.15, -0.1) is 11.8 Å². The van der Waals surface area contributed by atoms with Crippen molar-refractivity contribution in [2.24, 2.45) is 0 Å². The molecule has 0 aliphatic carbocycles. The van der Waals surface area contributed by atoms with Crippen molar-refractivity contribution in [2.75, 3.05) is 0 Å². The maximum Gasteiger partial charge on any atom is 0.0373 e. The molecule has 0 spiro atoms. The normalized spacial score (nSPS) is 21.6. The average molecular weight is 288 g/mol. The Bertz CT molecular complexity index is 281. The van der Waals surface area contributed by atoms with Crippen LogP contribution in [0.15, 0.2) is 35.7 Å². The van der Waals surface area contributed by atoms with Gasteiger partial charge < -0.3 is 0 Å². The molecule has 1 heterocycles. The van der Waals surface area contributed by atoms with Gasteiger partial charge in [-0.3, -0.25) is 0 Å². The Balaban J connectivity index is 2.18. The summed E-state index contributed by atoms with van der Waals surface area (Å²) in [6.45, 7) is 0. The summed E-state index contributed by atoms with van der Waals surface area (Å²) in [5.74, 6) is 0. The molecule has 1 unspecified atom stereocenters. The van der Waals surface area contributed by atoms with Gasteiger partial charge in [-0.2, -0.15) is 0 Å². The van der Waals surface area contributed by atoms with E-state index in [2.05, 4.69) is 58.3 Å². The van der Waals surface area contributed by atoms with Gasteiger partial charge in [0.05, 0.1) is 0 Å². The van der Waals surface area contributed by atoms with Crippen molar-refractivity contribution in [3.63, 3.8) is 0 Å². The van der Waals surface area contributed by atoms with E-state index in [4.69, 9.17) is 0 Å². The molecule has 2 heteroatoms. The molecule has 1 aliphatic heterocycles. The lowest BCUT2D eigenvalue weighted by Crippen LogP contribution is -1.87. The zero-order valence-corrected chi connectivity index (χ0v) is 9.51. The molecule has 1 aromatic carbocycles. The van der Waals surface area contributed by atoms with Crippen LogP contribution in [0.5, 0.6) is 0 Å². The lowest BCUT2D eigenvalue weighted by Gasteiger charge is -2.07. The van der Waals surface area contributed by atoms with Crippen LogP contribution in [0.4, 0.5) is 0 Å². The lowest BCUT2D eigenvalue weighted by atomic mass is 10.1. The highest BCUT2D eigenvalue weighted by molar-refractivity contribution is 14.1. The molecule has 2 rings (SSSR count). The van der Waals surface area contributed by atoms with Gasteiger partial charge in [0, 0.05) is 8.82 Å². The molecule has 0 bridgehead atoms. The summed E-state index contributed by atoms with van der Waals surface area (Å²) in [5.41, 5.74) is 1.45. The Morgan fingerprint density at radius 2 is 2.00 bits per heavy atom. The van der Waals surface area contributed by atoms with Gasteiger partial charge >= 0.3 is 0 Å². The van der Waals surface area contributed by atoms with Gasteiger partial charge in [0.25, 0.3) is 0 Å². The Hall–Kier alpha value is 0.0400. The lowest BCUT2D eigenvalue weighted by molar-refractivity contribution is 0.990. The Morgan fingerprint density at radius 3 is 2.58 bits per heavy atom. The summed E-state index contributed by atoms with van der Waals surface area (Å²) in [6, 6.07) is 8.81. The maximum absolute atomic E-state index is 2.34. The SMILES string of the molecule is Ic1ccc(C2CC=CS2)cc1. The zero-order valence-electron chi connectivity index (χ0n) is 6.53.